The highest BCUT2D eigenvalue weighted by Gasteiger charge is 2.42. The molecule has 2 aliphatic carbocycles. The van der Waals surface area contributed by atoms with Crippen molar-refractivity contribution in [2.75, 3.05) is 36.5 Å². The van der Waals surface area contributed by atoms with Gasteiger partial charge in [-0.05, 0) is 49.9 Å². The molecule has 0 spiro atoms. The third-order valence-electron chi connectivity index (χ3n) is 6.24. The lowest BCUT2D eigenvalue weighted by Gasteiger charge is -2.35. The number of ether oxygens (including phenoxy) is 1. The number of benzene rings is 1. The van der Waals surface area contributed by atoms with Gasteiger partial charge < -0.3 is 20.3 Å². The fourth-order valence-corrected chi connectivity index (χ4v) is 4.37. The summed E-state index contributed by atoms with van der Waals surface area (Å²) < 4.78 is 5.40. The van der Waals surface area contributed by atoms with Crippen molar-refractivity contribution in [3.8, 4) is 0 Å². The summed E-state index contributed by atoms with van der Waals surface area (Å²) in [4.78, 5) is 27.9. The van der Waals surface area contributed by atoms with Crippen molar-refractivity contribution in [3.05, 3.63) is 24.3 Å². The minimum Gasteiger partial charge on any atom is -0.378 e. The number of carbonyl (C=O) groups is 2. The third-order valence-corrected chi connectivity index (χ3v) is 6.24. The van der Waals surface area contributed by atoms with Crippen LogP contribution in [0.4, 0.5) is 11.4 Å². The first-order chi connectivity index (χ1) is 13.6. The van der Waals surface area contributed by atoms with E-state index in [2.05, 4.69) is 15.5 Å². The van der Waals surface area contributed by atoms with Gasteiger partial charge in [0, 0.05) is 36.9 Å². The number of nitrogens with one attached hydrogen (secondary N) is 2. The molecule has 1 saturated heterocycles. The molecule has 2 N–H and O–H groups in total. The maximum absolute atomic E-state index is 13.2. The van der Waals surface area contributed by atoms with Crippen molar-refractivity contribution < 1.29 is 14.3 Å². The van der Waals surface area contributed by atoms with Gasteiger partial charge in [-0.15, -0.1) is 0 Å². The first kappa shape index (κ1) is 19.2. The van der Waals surface area contributed by atoms with E-state index in [0.717, 1.165) is 82.6 Å². The zero-order chi connectivity index (χ0) is 19.4. The quantitative estimate of drug-likeness (QED) is 0.789. The van der Waals surface area contributed by atoms with Crippen LogP contribution >= 0.6 is 0 Å². The summed E-state index contributed by atoms with van der Waals surface area (Å²) in [6.45, 7) is 3.30. The SMILES string of the molecule is O=C(CC1(C(=O)Nc2ccc(N3CCOCC3)cc2)CCCCC1)NC1CC1. The zero-order valence-corrected chi connectivity index (χ0v) is 16.5. The Morgan fingerprint density at radius 1 is 1.04 bits per heavy atom. The van der Waals surface area contributed by atoms with Gasteiger partial charge in [-0.25, -0.2) is 0 Å². The second-order valence-corrected chi connectivity index (χ2v) is 8.46. The lowest BCUT2D eigenvalue weighted by atomic mass is 9.71. The Kier molecular flexibility index (Phi) is 5.85. The Labute approximate surface area is 167 Å². The number of anilines is 2. The van der Waals surface area contributed by atoms with Crippen molar-refractivity contribution in [2.24, 2.45) is 5.41 Å². The van der Waals surface area contributed by atoms with Crippen LogP contribution in [-0.2, 0) is 14.3 Å². The van der Waals surface area contributed by atoms with Crippen LogP contribution in [0, 0.1) is 5.41 Å². The average molecular weight is 386 g/mol. The van der Waals surface area contributed by atoms with Gasteiger partial charge in [-0.2, -0.15) is 0 Å². The summed E-state index contributed by atoms with van der Waals surface area (Å²) >= 11 is 0. The van der Waals surface area contributed by atoms with E-state index in [0.29, 0.717) is 12.5 Å². The van der Waals surface area contributed by atoms with Gasteiger partial charge in [0.1, 0.15) is 0 Å². The highest BCUT2D eigenvalue weighted by molar-refractivity contribution is 5.98. The molecule has 4 rings (SSSR count). The molecule has 152 valence electrons. The van der Waals surface area contributed by atoms with E-state index in [4.69, 9.17) is 4.74 Å². The number of amides is 2. The molecule has 0 atom stereocenters. The van der Waals surface area contributed by atoms with Gasteiger partial charge in [0.2, 0.25) is 11.8 Å². The molecule has 1 aromatic carbocycles. The van der Waals surface area contributed by atoms with Gasteiger partial charge in [-0.1, -0.05) is 19.3 Å². The van der Waals surface area contributed by atoms with E-state index in [-0.39, 0.29) is 11.8 Å². The molecule has 0 bridgehead atoms. The summed E-state index contributed by atoms with van der Waals surface area (Å²) in [6, 6.07) is 8.36. The van der Waals surface area contributed by atoms with Gasteiger partial charge >= 0.3 is 0 Å². The molecule has 2 amide bonds. The Bertz CT molecular complexity index is 687. The molecule has 1 heterocycles. The minimum absolute atomic E-state index is 0.00253. The molecule has 2 saturated carbocycles. The second kappa shape index (κ2) is 8.52. The van der Waals surface area contributed by atoms with Gasteiger partial charge in [-0.3, -0.25) is 9.59 Å². The Morgan fingerprint density at radius 3 is 2.36 bits per heavy atom. The van der Waals surface area contributed by atoms with Crippen LogP contribution in [0.1, 0.15) is 51.4 Å². The summed E-state index contributed by atoms with van der Waals surface area (Å²) in [6.07, 6.45) is 7.21. The lowest BCUT2D eigenvalue weighted by molar-refractivity contribution is -0.134. The molecule has 0 unspecified atom stereocenters. The van der Waals surface area contributed by atoms with Crippen LogP contribution in [0.3, 0.4) is 0 Å². The van der Waals surface area contributed by atoms with E-state index in [1.54, 1.807) is 0 Å². The topological polar surface area (TPSA) is 70.7 Å². The molecule has 3 aliphatic rings. The predicted octanol–water partition coefficient (Wildman–Crippen LogP) is 3.08. The number of morpholine rings is 1. The van der Waals surface area contributed by atoms with Crippen molar-refractivity contribution in [2.45, 2.75) is 57.4 Å². The van der Waals surface area contributed by atoms with E-state index >= 15 is 0 Å². The average Bonchev–Trinajstić information content (AvgIpc) is 3.53. The number of rotatable bonds is 6. The molecule has 0 aromatic heterocycles. The summed E-state index contributed by atoms with van der Waals surface area (Å²) in [5.41, 5.74) is 1.38. The second-order valence-electron chi connectivity index (χ2n) is 8.46. The Hall–Kier alpha value is -2.08. The summed E-state index contributed by atoms with van der Waals surface area (Å²) in [5.74, 6) is 0.0273. The lowest BCUT2D eigenvalue weighted by Crippen LogP contribution is -2.42. The van der Waals surface area contributed by atoms with Crippen LogP contribution in [0.25, 0.3) is 0 Å². The first-order valence-corrected chi connectivity index (χ1v) is 10.7. The zero-order valence-electron chi connectivity index (χ0n) is 16.5. The van der Waals surface area contributed by atoms with E-state index in [9.17, 15) is 9.59 Å². The monoisotopic (exact) mass is 385 g/mol. The van der Waals surface area contributed by atoms with Crippen molar-refractivity contribution in [1.82, 2.24) is 5.32 Å². The van der Waals surface area contributed by atoms with E-state index < -0.39 is 5.41 Å². The van der Waals surface area contributed by atoms with Gasteiger partial charge in [0.15, 0.2) is 0 Å². The minimum atomic E-state index is -0.569. The van der Waals surface area contributed by atoms with Crippen LogP contribution in [0.15, 0.2) is 24.3 Å². The number of nitrogens with zero attached hydrogens (tertiary/aromatic N) is 1. The maximum atomic E-state index is 13.2. The standard InChI is InChI=1S/C22H31N3O3/c26-20(23-17-4-5-17)16-22(10-2-1-3-11-22)21(27)24-18-6-8-19(9-7-18)25-12-14-28-15-13-25/h6-9,17H,1-5,10-16H2,(H,23,26)(H,24,27). The van der Waals surface area contributed by atoms with Crippen LogP contribution in [-0.4, -0.2) is 44.2 Å². The Balaban J connectivity index is 1.40. The number of hydrogen-bond donors (Lipinski definition) is 2. The molecular formula is C22H31N3O3. The number of hydrogen-bond acceptors (Lipinski definition) is 4. The molecule has 1 aromatic rings. The smallest absolute Gasteiger partial charge is 0.231 e. The predicted molar refractivity (Wildman–Crippen MR) is 109 cm³/mol. The highest BCUT2D eigenvalue weighted by Crippen LogP contribution is 2.40. The van der Waals surface area contributed by atoms with Crippen LogP contribution in [0.5, 0.6) is 0 Å². The van der Waals surface area contributed by atoms with E-state index in [1.165, 1.54) is 0 Å². The molecular weight excluding hydrogens is 354 g/mol. The fourth-order valence-electron chi connectivity index (χ4n) is 4.37. The highest BCUT2D eigenvalue weighted by atomic mass is 16.5. The molecule has 28 heavy (non-hydrogen) atoms. The van der Waals surface area contributed by atoms with Crippen molar-refractivity contribution in [1.29, 1.82) is 0 Å². The third kappa shape index (κ3) is 4.66. The van der Waals surface area contributed by atoms with E-state index in [1.807, 2.05) is 24.3 Å². The largest absolute Gasteiger partial charge is 0.378 e. The molecule has 6 nitrogen and oxygen atoms in total. The summed E-state index contributed by atoms with van der Waals surface area (Å²) in [7, 11) is 0. The van der Waals surface area contributed by atoms with Crippen molar-refractivity contribution in [3.63, 3.8) is 0 Å². The van der Waals surface area contributed by atoms with Crippen LogP contribution in [0.2, 0.25) is 0 Å². The van der Waals surface area contributed by atoms with Crippen molar-refractivity contribution >= 4 is 23.2 Å². The van der Waals surface area contributed by atoms with Gasteiger partial charge in [0.25, 0.3) is 0 Å². The molecule has 0 radical (unpaired) electrons. The van der Waals surface area contributed by atoms with Crippen LogP contribution < -0.4 is 15.5 Å². The molecule has 1 aliphatic heterocycles. The maximum Gasteiger partial charge on any atom is 0.231 e. The Morgan fingerprint density at radius 2 is 1.71 bits per heavy atom. The normalized spacial score (nSPS) is 21.8. The van der Waals surface area contributed by atoms with Gasteiger partial charge in [0.05, 0.1) is 18.6 Å². The fraction of sp³-hybridized carbons (Fsp3) is 0.636. The first-order valence-electron chi connectivity index (χ1n) is 10.7. The number of carbonyl (C=O) groups excluding carboxylic acids is 2. The summed E-state index contributed by atoms with van der Waals surface area (Å²) in [5, 5.41) is 6.15. The molecule has 3 fully saturated rings. The molecule has 6 heteroatoms.